The van der Waals surface area contributed by atoms with E-state index in [9.17, 15) is 14.4 Å². The molecule has 8 nitrogen and oxygen atoms in total. The predicted molar refractivity (Wildman–Crippen MR) is 90.0 cm³/mol. The first kappa shape index (κ1) is 17.4. The van der Waals surface area contributed by atoms with Crippen molar-refractivity contribution in [3.8, 4) is 0 Å². The third-order valence-electron chi connectivity index (χ3n) is 4.31. The molecule has 2 heterocycles. The van der Waals surface area contributed by atoms with E-state index in [0.717, 1.165) is 49.0 Å². The fourth-order valence-corrected chi connectivity index (χ4v) is 4.35. The highest BCUT2D eigenvalue weighted by molar-refractivity contribution is 7.17. The van der Waals surface area contributed by atoms with Gasteiger partial charge in [-0.2, -0.15) is 0 Å². The molecule has 0 unspecified atom stereocenters. The van der Waals surface area contributed by atoms with Crippen molar-refractivity contribution in [2.45, 2.75) is 38.5 Å². The molecule has 0 saturated carbocycles. The van der Waals surface area contributed by atoms with E-state index in [0.29, 0.717) is 10.6 Å². The second kappa shape index (κ2) is 7.22. The summed E-state index contributed by atoms with van der Waals surface area (Å²) in [6.07, 6.45) is 5.99. The minimum absolute atomic E-state index is 0.170. The molecule has 0 spiro atoms. The Morgan fingerprint density at radius 1 is 1.24 bits per heavy atom. The van der Waals surface area contributed by atoms with Crippen LogP contribution in [0.1, 0.15) is 57.0 Å². The van der Waals surface area contributed by atoms with Crippen LogP contribution in [0.2, 0.25) is 0 Å². The highest BCUT2D eigenvalue weighted by Crippen LogP contribution is 2.37. The molecule has 3 rings (SSSR count). The monoisotopic (exact) mass is 366 g/mol. The molecule has 2 N–H and O–H groups in total. The Kier molecular flexibility index (Phi) is 5.03. The van der Waals surface area contributed by atoms with Gasteiger partial charge in [0.15, 0.2) is 7.05 Å². The number of anilines is 1. The summed E-state index contributed by atoms with van der Waals surface area (Å²) in [5.41, 5.74) is 0.420. The molecule has 0 atom stereocenters. The molecule has 1 amide bonds. The number of aromatic amines is 1. The van der Waals surface area contributed by atoms with E-state index >= 15 is 0 Å². The van der Waals surface area contributed by atoms with Gasteiger partial charge in [0.1, 0.15) is 5.00 Å². The van der Waals surface area contributed by atoms with Crippen molar-refractivity contribution in [1.29, 1.82) is 0 Å². The summed E-state index contributed by atoms with van der Waals surface area (Å²) in [6, 6.07) is 0. The van der Waals surface area contributed by atoms with Gasteiger partial charge in [0.2, 0.25) is 0 Å². The number of hydrogen-bond donors (Lipinski definition) is 2. The third kappa shape index (κ3) is 3.37. The van der Waals surface area contributed by atoms with E-state index in [1.165, 1.54) is 30.2 Å². The van der Waals surface area contributed by atoms with Crippen molar-refractivity contribution in [3.05, 3.63) is 32.1 Å². The van der Waals surface area contributed by atoms with Gasteiger partial charge in [-0.05, 0) is 36.5 Å². The first-order valence-corrected chi connectivity index (χ1v) is 8.96. The van der Waals surface area contributed by atoms with Crippen LogP contribution in [0, 0.1) is 0 Å². The van der Waals surface area contributed by atoms with Gasteiger partial charge in [0, 0.05) is 4.88 Å². The summed E-state index contributed by atoms with van der Waals surface area (Å²) in [5.74, 6) is -1.10. The maximum Gasteiger partial charge on any atom is 0.440 e. The first-order valence-electron chi connectivity index (χ1n) is 8.14. The zero-order valence-electron chi connectivity index (χ0n) is 14.1. The van der Waals surface area contributed by atoms with Gasteiger partial charge in [-0.15, -0.1) is 11.3 Å². The van der Waals surface area contributed by atoms with E-state index in [1.807, 2.05) is 0 Å². The van der Waals surface area contributed by atoms with Gasteiger partial charge in [-0.1, -0.05) is 17.5 Å². The maximum absolute atomic E-state index is 12.5. The number of ether oxygens (including phenoxy) is 1. The number of rotatable bonds is 3. The number of carbonyl (C=O) groups is 2. The summed E-state index contributed by atoms with van der Waals surface area (Å²) in [6.45, 7) is 0. The van der Waals surface area contributed by atoms with Gasteiger partial charge in [0.05, 0.1) is 12.7 Å². The lowest BCUT2D eigenvalue weighted by Gasteiger charge is -2.10. The number of esters is 1. The van der Waals surface area contributed by atoms with Crippen molar-refractivity contribution in [3.63, 3.8) is 0 Å². The standard InChI is InChI=1S/C16H19N3O5S/c1-19-12(16(22)24-18-19)13(20)17-14-11(15(21)23-2)9-7-5-3-4-6-8-10(9)25-14/h3-8H2,1-2H3,(H-,17,18,20,21,22)/p+1. The van der Waals surface area contributed by atoms with Crippen LogP contribution in [-0.4, -0.2) is 24.3 Å². The van der Waals surface area contributed by atoms with Crippen LogP contribution in [0.3, 0.4) is 0 Å². The molecule has 0 aliphatic heterocycles. The molecule has 1 aliphatic carbocycles. The van der Waals surface area contributed by atoms with Crippen LogP contribution in [-0.2, 0) is 24.6 Å². The van der Waals surface area contributed by atoms with Gasteiger partial charge in [-0.25, -0.2) is 9.59 Å². The molecule has 2 aromatic heterocycles. The largest absolute Gasteiger partial charge is 0.465 e. The zero-order valence-corrected chi connectivity index (χ0v) is 15.0. The van der Waals surface area contributed by atoms with Crippen molar-refractivity contribution >= 4 is 28.2 Å². The molecule has 2 aromatic rings. The van der Waals surface area contributed by atoms with Crippen LogP contribution in [0.4, 0.5) is 5.00 Å². The van der Waals surface area contributed by atoms with Crippen molar-refractivity contribution in [2.75, 3.05) is 12.4 Å². The Morgan fingerprint density at radius 3 is 2.60 bits per heavy atom. The molecule has 0 fully saturated rings. The normalized spacial score (nSPS) is 14.3. The van der Waals surface area contributed by atoms with E-state index in [4.69, 9.17) is 4.74 Å². The Bertz CT molecular complexity index is 864. The Hall–Kier alpha value is -2.42. The zero-order chi connectivity index (χ0) is 18.0. The molecule has 0 saturated heterocycles. The maximum atomic E-state index is 12.5. The Morgan fingerprint density at radius 2 is 1.96 bits per heavy atom. The van der Waals surface area contributed by atoms with Crippen molar-refractivity contribution in [2.24, 2.45) is 7.05 Å². The average molecular weight is 366 g/mol. The van der Waals surface area contributed by atoms with Crippen LogP contribution in [0.15, 0.2) is 9.32 Å². The summed E-state index contributed by atoms with van der Waals surface area (Å²) >= 11 is 1.38. The summed E-state index contributed by atoms with van der Waals surface area (Å²) in [4.78, 5) is 37.5. The van der Waals surface area contributed by atoms with E-state index in [-0.39, 0.29) is 5.69 Å². The number of aryl methyl sites for hydroxylation is 2. The molecule has 0 radical (unpaired) electrons. The lowest BCUT2D eigenvalue weighted by molar-refractivity contribution is -0.741. The van der Waals surface area contributed by atoms with Crippen molar-refractivity contribution in [1.82, 2.24) is 5.27 Å². The second-order valence-electron chi connectivity index (χ2n) is 5.96. The van der Waals surface area contributed by atoms with Gasteiger partial charge >= 0.3 is 23.2 Å². The lowest BCUT2D eigenvalue weighted by Crippen LogP contribution is -2.41. The van der Waals surface area contributed by atoms with Crippen LogP contribution in [0.5, 0.6) is 0 Å². The Labute approximate surface area is 147 Å². The summed E-state index contributed by atoms with van der Waals surface area (Å²) < 4.78 is 10.7. The molecular weight excluding hydrogens is 346 g/mol. The average Bonchev–Trinajstić information content (AvgIpc) is 3.06. The minimum atomic E-state index is -0.769. The number of aromatic nitrogens is 2. The van der Waals surface area contributed by atoms with E-state index in [2.05, 4.69) is 15.1 Å². The van der Waals surface area contributed by atoms with Crippen molar-refractivity contribution < 1.29 is 23.5 Å². The summed E-state index contributed by atoms with van der Waals surface area (Å²) in [7, 11) is 2.82. The number of nitrogens with zero attached hydrogens (tertiary/aromatic N) is 1. The third-order valence-corrected chi connectivity index (χ3v) is 5.51. The topological polar surface area (TPSA) is 105 Å². The highest BCUT2D eigenvalue weighted by Gasteiger charge is 2.31. The molecular formula is C16H20N3O5S+. The van der Waals surface area contributed by atoms with Crippen LogP contribution >= 0.6 is 11.3 Å². The molecule has 0 aromatic carbocycles. The molecule has 25 heavy (non-hydrogen) atoms. The summed E-state index contributed by atoms with van der Waals surface area (Å²) in [5, 5.41) is 5.40. The molecule has 1 aliphatic rings. The number of amides is 1. The fourth-order valence-electron chi connectivity index (χ4n) is 3.07. The lowest BCUT2D eigenvalue weighted by atomic mass is 9.96. The first-order chi connectivity index (χ1) is 12.0. The molecule has 9 heteroatoms. The number of H-pyrrole nitrogens is 1. The van der Waals surface area contributed by atoms with Gasteiger partial charge in [-0.3, -0.25) is 9.32 Å². The second-order valence-corrected chi connectivity index (χ2v) is 7.06. The molecule has 134 valence electrons. The van der Waals surface area contributed by atoms with Crippen LogP contribution in [0.25, 0.3) is 0 Å². The smallest absolute Gasteiger partial charge is 0.440 e. The number of nitrogens with one attached hydrogen (secondary N) is 2. The van der Waals surface area contributed by atoms with Gasteiger partial charge < -0.3 is 10.1 Å². The number of methoxy groups -OCH3 is 1. The Balaban J connectivity index is 2.00. The quantitative estimate of drug-likeness (QED) is 0.633. The van der Waals surface area contributed by atoms with Crippen LogP contribution < -0.4 is 15.6 Å². The fraction of sp³-hybridized carbons (Fsp3) is 0.500. The number of hydrogen-bond acceptors (Lipinski definition) is 6. The number of carbonyl (C=O) groups excluding carboxylic acids is 2. The minimum Gasteiger partial charge on any atom is -0.465 e. The van der Waals surface area contributed by atoms with Gasteiger partial charge in [0.25, 0.3) is 0 Å². The van der Waals surface area contributed by atoms with E-state index < -0.39 is 17.5 Å². The predicted octanol–water partition coefficient (Wildman–Crippen LogP) is 1.55. The highest BCUT2D eigenvalue weighted by atomic mass is 32.1. The molecule has 0 bridgehead atoms. The SMILES string of the molecule is COC(=O)c1c(NC(=O)c2c(=O)o[nH][n+]2C)sc2c1CCCCCC2. The number of thiophene rings is 1. The number of fused-ring (bicyclic) bond motifs is 1. The van der Waals surface area contributed by atoms with E-state index in [1.54, 1.807) is 0 Å².